The Morgan fingerprint density at radius 2 is 1.81 bits per heavy atom. The van der Waals surface area contributed by atoms with Crippen LogP contribution >= 0.6 is 0 Å². The predicted molar refractivity (Wildman–Crippen MR) is 100 cm³/mol. The minimum absolute atomic E-state index is 0.00720. The molecule has 0 heterocycles. The Bertz CT molecular complexity index is 711. The summed E-state index contributed by atoms with van der Waals surface area (Å²) in [4.78, 5) is 24.5. The first-order valence-electron chi connectivity index (χ1n) is 10.4. The van der Waals surface area contributed by atoms with Gasteiger partial charge in [-0.15, -0.1) is 0 Å². The molecule has 4 rings (SSSR count). The molecule has 7 atom stereocenters. The number of halogens is 1. The molecule has 0 bridgehead atoms. The van der Waals surface area contributed by atoms with Crippen LogP contribution in [-0.4, -0.2) is 17.2 Å². The van der Waals surface area contributed by atoms with E-state index in [-0.39, 0.29) is 40.2 Å². The molecule has 0 aliphatic heterocycles. The van der Waals surface area contributed by atoms with Crippen molar-refractivity contribution in [2.24, 2.45) is 34.0 Å². The number of hydrogen-bond donors (Lipinski definition) is 0. The van der Waals surface area contributed by atoms with Gasteiger partial charge in [-0.05, 0) is 74.7 Å². The number of alkyl halides is 1. The molecule has 0 N–H and O–H groups in total. The zero-order valence-corrected chi connectivity index (χ0v) is 17.0. The number of allylic oxidation sites excluding steroid dienone is 1. The smallest absolute Gasteiger partial charge is 0.155 e. The molecule has 0 aromatic carbocycles. The van der Waals surface area contributed by atoms with E-state index in [1.54, 1.807) is 13.0 Å². The molecule has 0 saturated heterocycles. The Labute approximate surface area is 157 Å². The molecule has 0 radical (unpaired) electrons. The van der Waals surface area contributed by atoms with Crippen LogP contribution in [0.5, 0.6) is 0 Å². The predicted octanol–water partition coefficient (Wildman–Crippen LogP) is 5.45. The van der Waals surface area contributed by atoms with Crippen LogP contribution < -0.4 is 0 Å². The second kappa shape index (κ2) is 5.29. The van der Waals surface area contributed by atoms with Crippen LogP contribution in [0.3, 0.4) is 0 Å². The van der Waals surface area contributed by atoms with E-state index < -0.39 is 11.1 Å². The van der Waals surface area contributed by atoms with Crippen molar-refractivity contribution in [3.63, 3.8) is 0 Å². The lowest BCUT2D eigenvalue weighted by molar-refractivity contribution is -0.168. The second-order valence-corrected chi connectivity index (χ2v) is 10.5. The molecule has 2 nitrogen and oxygen atoms in total. The largest absolute Gasteiger partial charge is 0.299 e. The van der Waals surface area contributed by atoms with Crippen LogP contribution in [0.25, 0.3) is 0 Å². The summed E-state index contributed by atoms with van der Waals surface area (Å²) in [6.45, 7) is 10.4. The molecule has 0 aromatic rings. The number of rotatable bonds is 1. The summed E-state index contributed by atoms with van der Waals surface area (Å²) >= 11 is 0. The summed E-state index contributed by atoms with van der Waals surface area (Å²) in [6.07, 6.45) is 6.87. The van der Waals surface area contributed by atoms with Gasteiger partial charge in [-0.2, -0.15) is 0 Å². The van der Waals surface area contributed by atoms with Gasteiger partial charge in [-0.25, -0.2) is 4.39 Å². The minimum atomic E-state index is -1.24. The second-order valence-electron chi connectivity index (χ2n) is 10.5. The first-order valence-corrected chi connectivity index (χ1v) is 10.4. The van der Waals surface area contributed by atoms with Gasteiger partial charge in [0.2, 0.25) is 0 Å². The van der Waals surface area contributed by atoms with Crippen molar-refractivity contribution in [3.8, 4) is 0 Å². The monoisotopic (exact) mass is 360 g/mol. The minimum Gasteiger partial charge on any atom is -0.299 e. The van der Waals surface area contributed by atoms with Crippen molar-refractivity contribution in [2.45, 2.75) is 85.2 Å². The Balaban J connectivity index is 1.80. The van der Waals surface area contributed by atoms with Gasteiger partial charge < -0.3 is 0 Å². The van der Waals surface area contributed by atoms with Crippen molar-refractivity contribution >= 4 is 11.6 Å². The van der Waals surface area contributed by atoms with Crippen LogP contribution in [0.2, 0.25) is 0 Å². The fourth-order valence-corrected chi connectivity index (χ4v) is 7.69. The summed E-state index contributed by atoms with van der Waals surface area (Å²) < 4.78 is 16.9. The molecule has 3 saturated carbocycles. The molecular weight excluding hydrogens is 327 g/mol. The van der Waals surface area contributed by atoms with E-state index in [2.05, 4.69) is 27.7 Å². The highest BCUT2D eigenvalue weighted by Crippen LogP contribution is 2.72. The van der Waals surface area contributed by atoms with Gasteiger partial charge >= 0.3 is 0 Å². The molecule has 3 heteroatoms. The van der Waals surface area contributed by atoms with Gasteiger partial charge in [0.1, 0.15) is 11.5 Å². The Morgan fingerprint density at radius 1 is 1.12 bits per heavy atom. The van der Waals surface area contributed by atoms with Crippen LogP contribution in [0, 0.1) is 34.0 Å². The Hall–Kier alpha value is -0.990. The number of carbonyl (C=O) groups excluding carboxylic acids is 2. The molecule has 26 heavy (non-hydrogen) atoms. The third-order valence-electron chi connectivity index (χ3n) is 9.77. The Morgan fingerprint density at radius 3 is 2.46 bits per heavy atom. The first-order chi connectivity index (χ1) is 12.0. The molecule has 0 aromatic heterocycles. The maximum absolute atomic E-state index is 16.9. The van der Waals surface area contributed by atoms with Crippen LogP contribution in [0.15, 0.2) is 11.6 Å². The van der Waals surface area contributed by atoms with Crippen molar-refractivity contribution < 1.29 is 14.0 Å². The standard InChI is InChI=1S/C23H33FO2/c1-14-12-19-17-7-9-20(3,15(2)25)21(17,4)10-11-23(19,24)22(5)8-6-16(26)13-18(14)22/h13-14,17,19H,6-12H2,1-5H3/t14-,17?,19?,20+,21?,22?,23+/m0/s1. The number of carbonyl (C=O) groups is 2. The summed E-state index contributed by atoms with van der Waals surface area (Å²) in [5, 5.41) is 0. The number of hydrogen-bond acceptors (Lipinski definition) is 2. The van der Waals surface area contributed by atoms with Crippen LogP contribution in [0.4, 0.5) is 4.39 Å². The topological polar surface area (TPSA) is 34.1 Å². The van der Waals surface area contributed by atoms with Crippen LogP contribution in [-0.2, 0) is 9.59 Å². The maximum atomic E-state index is 16.9. The summed E-state index contributed by atoms with van der Waals surface area (Å²) in [6, 6.07) is 0. The van der Waals surface area contributed by atoms with E-state index >= 15 is 4.39 Å². The van der Waals surface area contributed by atoms with E-state index in [0.717, 1.165) is 31.3 Å². The van der Waals surface area contributed by atoms with Crippen molar-refractivity contribution in [1.82, 2.24) is 0 Å². The molecule has 144 valence electrons. The van der Waals surface area contributed by atoms with Crippen molar-refractivity contribution in [2.75, 3.05) is 0 Å². The van der Waals surface area contributed by atoms with E-state index in [0.29, 0.717) is 19.3 Å². The molecule has 4 unspecified atom stereocenters. The summed E-state index contributed by atoms with van der Waals surface area (Å²) in [5.74, 6) is 0.968. The quantitative estimate of drug-likeness (QED) is 0.623. The third kappa shape index (κ3) is 1.93. The van der Waals surface area contributed by atoms with Crippen LogP contribution in [0.1, 0.15) is 79.6 Å². The van der Waals surface area contributed by atoms with Gasteiger partial charge in [-0.1, -0.05) is 33.3 Å². The normalized spacial score (nSPS) is 53.4. The van der Waals surface area contributed by atoms with Gasteiger partial charge in [0.15, 0.2) is 5.78 Å². The summed E-state index contributed by atoms with van der Waals surface area (Å²) in [7, 11) is 0. The lowest BCUT2D eigenvalue weighted by Gasteiger charge is -2.63. The van der Waals surface area contributed by atoms with Gasteiger partial charge in [-0.3, -0.25) is 9.59 Å². The highest BCUT2D eigenvalue weighted by atomic mass is 19.1. The molecule has 4 aliphatic rings. The van der Waals surface area contributed by atoms with Crippen molar-refractivity contribution in [1.29, 1.82) is 0 Å². The SMILES string of the molecule is CC(=O)[C@@]1(C)CCC2C3C[C@H](C)C4=CC(=O)CCC4(C)[C@@]3(F)CCC21C. The number of Topliss-reactive ketones (excluding diaryl/α,β-unsaturated/α-hetero) is 1. The fourth-order valence-electron chi connectivity index (χ4n) is 7.69. The van der Waals surface area contributed by atoms with E-state index in [1.165, 1.54) is 0 Å². The van der Waals surface area contributed by atoms with Gasteiger partial charge in [0, 0.05) is 17.3 Å². The first kappa shape index (κ1) is 18.4. The maximum Gasteiger partial charge on any atom is 0.155 e. The van der Waals surface area contributed by atoms with E-state index in [4.69, 9.17) is 0 Å². The van der Waals surface area contributed by atoms with Gasteiger partial charge in [0.25, 0.3) is 0 Å². The lowest BCUT2D eigenvalue weighted by atomic mass is 9.42. The number of fused-ring (bicyclic) bond motifs is 5. The molecule has 0 spiro atoms. The third-order valence-corrected chi connectivity index (χ3v) is 9.77. The average molecular weight is 361 g/mol. The molecular formula is C23H33FO2. The van der Waals surface area contributed by atoms with E-state index in [1.807, 2.05) is 0 Å². The number of ketones is 2. The van der Waals surface area contributed by atoms with Gasteiger partial charge in [0.05, 0.1) is 0 Å². The van der Waals surface area contributed by atoms with Crippen molar-refractivity contribution in [3.05, 3.63) is 11.6 Å². The fraction of sp³-hybridized carbons (Fsp3) is 0.826. The zero-order valence-electron chi connectivity index (χ0n) is 17.0. The highest BCUT2D eigenvalue weighted by molar-refractivity contribution is 5.92. The van der Waals surface area contributed by atoms with E-state index in [9.17, 15) is 9.59 Å². The molecule has 0 amide bonds. The zero-order chi connectivity index (χ0) is 19.1. The molecule has 3 fully saturated rings. The highest BCUT2D eigenvalue weighted by Gasteiger charge is 2.70. The Kier molecular flexibility index (Phi) is 3.74. The summed E-state index contributed by atoms with van der Waals surface area (Å²) in [5.41, 5.74) is -1.11. The average Bonchev–Trinajstić information content (AvgIpc) is 2.85. The molecule has 4 aliphatic carbocycles. The lowest BCUT2D eigenvalue weighted by Crippen LogP contribution is -2.63.